The number of rotatable bonds is 3. The Bertz CT molecular complexity index is 412. The van der Waals surface area contributed by atoms with Gasteiger partial charge in [0.05, 0.1) is 6.10 Å². The van der Waals surface area contributed by atoms with Gasteiger partial charge in [0.1, 0.15) is 0 Å². The molecule has 1 aromatic rings. The van der Waals surface area contributed by atoms with Crippen LogP contribution in [0.2, 0.25) is 0 Å². The number of fused-ring (bicyclic) bond motifs is 2. The van der Waals surface area contributed by atoms with Crippen LogP contribution in [0, 0.1) is 11.8 Å². The number of nitrogens with zero attached hydrogens (tertiary/aromatic N) is 1. The zero-order chi connectivity index (χ0) is 12.7. The van der Waals surface area contributed by atoms with Crippen LogP contribution >= 0.6 is 0 Å². The molecule has 2 aliphatic rings. The molecule has 2 bridgehead atoms. The SMILES string of the molecule is CO[C@@H]1C[C@H]2CC[C@@H]1[C@H]2c1ccc(N(C)C)cc1. The van der Waals surface area contributed by atoms with Gasteiger partial charge in [-0.25, -0.2) is 0 Å². The summed E-state index contributed by atoms with van der Waals surface area (Å²) in [7, 11) is 6.06. The van der Waals surface area contributed by atoms with E-state index >= 15 is 0 Å². The van der Waals surface area contributed by atoms with Crippen molar-refractivity contribution >= 4 is 5.69 Å². The first-order valence-electron chi connectivity index (χ1n) is 7.01. The molecule has 2 saturated carbocycles. The quantitative estimate of drug-likeness (QED) is 0.810. The van der Waals surface area contributed by atoms with Crippen molar-refractivity contribution in [2.75, 3.05) is 26.1 Å². The Morgan fingerprint density at radius 2 is 1.83 bits per heavy atom. The molecule has 0 N–H and O–H groups in total. The predicted octanol–water partition coefficient (Wildman–Crippen LogP) is 3.28. The highest BCUT2D eigenvalue weighted by Gasteiger charge is 2.48. The Labute approximate surface area is 110 Å². The third kappa shape index (κ3) is 1.83. The van der Waals surface area contributed by atoms with Gasteiger partial charge in [0, 0.05) is 26.9 Å². The molecule has 2 fully saturated rings. The van der Waals surface area contributed by atoms with Gasteiger partial charge in [0.25, 0.3) is 0 Å². The van der Waals surface area contributed by atoms with E-state index in [1.165, 1.54) is 30.5 Å². The average molecular weight is 245 g/mol. The lowest BCUT2D eigenvalue weighted by Gasteiger charge is -2.21. The fourth-order valence-corrected chi connectivity index (χ4v) is 4.06. The van der Waals surface area contributed by atoms with E-state index in [0.29, 0.717) is 6.10 Å². The molecule has 0 aromatic heterocycles. The molecule has 2 aliphatic carbocycles. The maximum atomic E-state index is 5.65. The van der Waals surface area contributed by atoms with E-state index in [-0.39, 0.29) is 0 Å². The molecule has 0 aliphatic heterocycles. The second-order valence-corrected chi connectivity index (χ2v) is 6.02. The second-order valence-electron chi connectivity index (χ2n) is 6.02. The molecule has 98 valence electrons. The Morgan fingerprint density at radius 3 is 2.39 bits per heavy atom. The van der Waals surface area contributed by atoms with Crippen molar-refractivity contribution in [2.45, 2.75) is 31.3 Å². The van der Waals surface area contributed by atoms with Crippen LogP contribution in [-0.2, 0) is 4.74 Å². The molecule has 18 heavy (non-hydrogen) atoms. The molecule has 1 aromatic carbocycles. The molecule has 0 unspecified atom stereocenters. The van der Waals surface area contributed by atoms with Crippen molar-refractivity contribution in [3.05, 3.63) is 29.8 Å². The first-order chi connectivity index (χ1) is 8.70. The van der Waals surface area contributed by atoms with Gasteiger partial charge in [-0.1, -0.05) is 12.1 Å². The van der Waals surface area contributed by atoms with Crippen LogP contribution in [0.3, 0.4) is 0 Å². The number of hydrogen-bond donors (Lipinski definition) is 0. The standard InChI is InChI=1S/C16H23NO/c1-17(2)13-7-4-11(5-8-13)16-12-6-9-14(16)15(10-12)18-3/h4-5,7-8,12,14-16H,6,9-10H2,1-3H3/t12-,14+,15-,16+/m1/s1. The summed E-state index contributed by atoms with van der Waals surface area (Å²) in [4.78, 5) is 2.16. The van der Waals surface area contributed by atoms with Crippen molar-refractivity contribution in [2.24, 2.45) is 11.8 Å². The largest absolute Gasteiger partial charge is 0.381 e. The van der Waals surface area contributed by atoms with E-state index in [1.54, 1.807) is 0 Å². The Balaban J connectivity index is 1.83. The molecule has 0 heterocycles. The summed E-state index contributed by atoms with van der Waals surface area (Å²) < 4.78 is 5.65. The zero-order valence-corrected chi connectivity index (χ0v) is 11.6. The Morgan fingerprint density at radius 1 is 1.11 bits per heavy atom. The van der Waals surface area contributed by atoms with E-state index in [2.05, 4.69) is 43.3 Å². The maximum Gasteiger partial charge on any atom is 0.0608 e. The molecule has 4 atom stereocenters. The van der Waals surface area contributed by atoms with Gasteiger partial charge in [-0.2, -0.15) is 0 Å². The summed E-state index contributed by atoms with van der Waals surface area (Å²) in [5.41, 5.74) is 2.81. The lowest BCUT2D eigenvalue weighted by atomic mass is 9.89. The molecule has 0 spiro atoms. The monoisotopic (exact) mass is 245 g/mol. The maximum absolute atomic E-state index is 5.65. The fraction of sp³-hybridized carbons (Fsp3) is 0.625. The molecule has 2 nitrogen and oxygen atoms in total. The highest BCUT2D eigenvalue weighted by atomic mass is 16.5. The topological polar surface area (TPSA) is 12.5 Å². The van der Waals surface area contributed by atoms with Crippen LogP contribution in [-0.4, -0.2) is 27.3 Å². The summed E-state index contributed by atoms with van der Waals surface area (Å²) in [6.07, 6.45) is 4.51. The Kier molecular flexibility index (Phi) is 3.06. The van der Waals surface area contributed by atoms with Crippen LogP contribution < -0.4 is 4.90 Å². The molecular formula is C16H23NO. The van der Waals surface area contributed by atoms with Crippen molar-refractivity contribution in [3.8, 4) is 0 Å². The third-order valence-corrected chi connectivity index (χ3v) is 4.95. The van der Waals surface area contributed by atoms with Gasteiger partial charge in [-0.15, -0.1) is 0 Å². The van der Waals surface area contributed by atoms with Crippen molar-refractivity contribution < 1.29 is 4.74 Å². The normalized spacial score (nSPS) is 33.9. The first-order valence-corrected chi connectivity index (χ1v) is 7.01. The summed E-state index contributed by atoms with van der Waals surface area (Å²) in [6, 6.07) is 9.14. The number of benzene rings is 1. The van der Waals surface area contributed by atoms with Gasteiger partial charge >= 0.3 is 0 Å². The van der Waals surface area contributed by atoms with Crippen LogP contribution in [0.25, 0.3) is 0 Å². The third-order valence-electron chi connectivity index (χ3n) is 4.95. The van der Waals surface area contributed by atoms with Crippen LogP contribution in [0.1, 0.15) is 30.7 Å². The fourth-order valence-electron chi connectivity index (χ4n) is 4.06. The summed E-state index contributed by atoms with van der Waals surface area (Å²) in [5, 5.41) is 0. The molecule has 0 radical (unpaired) electrons. The van der Waals surface area contributed by atoms with Crippen LogP contribution in [0.5, 0.6) is 0 Å². The smallest absolute Gasteiger partial charge is 0.0608 e. The first kappa shape index (κ1) is 12.0. The highest BCUT2D eigenvalue weighted by Crippen LogP contribution is 2.55. The van der Waals surface area contributed by atoms with Gasteiger partial charge in [0.15, 0.2) is 0 Å². The van der Waals surface area contributed by atoms with Gasteiger partial charge in [-0.05, 0) is 54.7 Å². The van der Waals surface area contributed by atoms with E-state index in [9.17, 15) is 0 Å². The lowest BCUT2D eigenvalue weighted by Crippen LogP contribution is -2.19. The van der Waals surface area contributed by atoms with E-state index in [0.717, 1.165) is 17.8 Å². The summed E-state index contributed by atoms with van der Waals surface area (Å²) in [6.45, 7) is 0. The van der Waals surface area contributed by atoms with Crippen LogP contribution in [0.15, 0.2) is 24.3 Å². The molecule has 2 heteroatoms. The minimum Gasteiger partial charge on any atom is -0.381 e. The van der Waals surface area contributed by atoms with Crippen LogP contribution in [0.4, 0.5) is 5.69 Å². The minimum atomic E-state index is 0.502. The van der Waals surface area contributed by atoms with Gasteiger partial charge in [-0.3, -0.25) is 0 Å². The number of ether oxygens (including phenoxy) is 1. The number of anilines is 1. The van der Waals surface area contributed by atoms with Crippen molar-refractivity contribution in [1.29, 1.82) is 0 Å². The number of hydrogen-bond acceptors (Lipinski definition) is 2. The zero-order valence-electron chi connectivity index (χ0n) is 11.6. The van der Waals surface area contributed by atoms with Gasteiger partial charge in [0.2, 0.25) is 0 Å². The van der Waals surface area contributed by atoms with Crippen molar-refractivity contribution in [3.63, 3.8) is 0 Å². The minimum absolute atomic E-state index is 0.502. The highest BCUT2D eigenvalue weighted by molar-refractivity contribution is 5.47. The average Bonchev–Trinajstić information content (AvgIpc) is 2.95. The number of methoxy groups -OCH3 is 1. The van der Waals surface area contributed by atoms with Gasteiger partial charge < -0.3 is 9.64 Å². The molecule has 0 saturated heterocycles. The second kappa shape index (κ2) is 4.58. The lowest BCUT2D eigenvalue weighted by molar-refractivity contribution is 0.0555. The van der Waals surface area contributed by atoms with E-state index in [1.807, 2.05) is 7.11 Å². The molecule has 3 rings (SSSR count). The molecule has 0 amide bonds. The summed E-state index contributed by atoms with van der Waals surface area (Å²) >= 11 is 0. The molecular weight excluding hydrogens is 222 g/mol. The predicted molar refractivity (Wildman–Crippen MR) is 75.1 cm³/mol. The summed E-state index contributed by atoms with van der Waals surface area (Å²) in [5.74, 6) is 2.35. The van der Waals surface area contributed by atoms with E-state index < -0.39 is 0 Å². The Hall–Kier alpha value is -1.02. The van der Waals surface area contributed by atoms with Crippen molar-refractivity contribution in [1.82, 2.24) is 0 Å². The van der Waals surface area contributed by atoms with E-state index in [4.69, 9.17) is 4.74 Å².